The van der Waals surface area contributed by atoms with Crippen LogP contribution in [0.3, 0.4) is 0 Å². The van der Waals surface area contributed by atoms with Crippen LogP contribution in [0.1, 0.15) is 26.3 Å². The highest BCUT2D eigenvalue weighted by atomic mass is 79.9. The van der Waals surface area contributed by atoms with Crippen molar-refractivity contribution in [2.75, 3.05) is 0 Å². The summed E-state index contributed by atoms with van der Waals surface area (Å²) in [5, 5.41) is 0. The molecule has 0 N–H and O–H groups in total. The average Bonchev–Trinajstić information content (AvgIpc) is 2.40. The first-order chi connectivity index (χ1) is 9.70. The lowest BCUT2D eigenvalue weighted by atomic mass is 9.87. The molecule has 0 bridgehead atoms. The summed E-state index contributed by atoms with van der Waals surface area (Å²) in [4.78, 5) is 0.145. The van der Waals surface area contributed by atoms with E-state index >= 15 is 0 Å². The van der Waals surface area contributed by atoms with Gasteiger partial charge in [-0.05, 0) is 51.2 Å². The van der Waals surface area contributed by atoms with Crippen molar-refractivity contribution in [2.45, 2.75) is 31.1 Å². The van der Waals surface area contributed by atoms with Crippen LogP contribution in [0.5, 0.6) is 5.75 Å². The van der Waals surface area contributed by atoms with Crippen LogP contribution in [0.2, 0.25) is 0 Å². The summed E-state index contributed by atoms with van der Waals surface area (Å²) < 4.78 is 30.3. The van der Waals surface area contributed by atoms with E-state index in [9.17, 15) is 8.42 Å². The van der Waals surface area contributed by atoms with E-state index < -0.39 is 10.1 Å². The van der Waals surface area contributed by atoms with Gasteiger partial charge < -0.3 is 4.18 Å². The summed E-state index contributed by atoms with van der Waals surface area (Å²) in [6.07, 6.45) is 0. The second-order valence-electron chi connectivity index (χ2n) is 5.74. The van der Waals surface area contributed by atoms with Gasteiger partial charge in [0.15, 0.2) is 5.75 Å². The normalized spacial score (nSPS) is 12.2. The number of benzene rings is 2. The summed E-state index contributed by atoms with van der Waals surface area (Å²) in [5.74, 6) is 0.275. The first kappa shape index (κ1) is 16.0. The van der Waals surface area contributed by atoms with Gasteiger partial charge in [0.05, 0.1) is 4.47 Å². The lowest BCUT2D eigenvalue weighted by Gasteiger charge is -2.19. The van der Waals surface area contributed by atoms with E-state index in [2.05, 4.69) is 36.7 Å². The van der Waals surface area contributed by atoms with Crippen LogP contribution < -0.4 is 4.18 Å². The van der Waals surface area contributed by atoms with Crippen LogP contribution >= 0.6 is 15.9 Å². The van der Waals surface area contributed by atoms with Crippen molar-refractivity contribution in [3.63, 3.8) is 0 Å². The van der Waals surface area contributed by atoms with Crippen LogP contribution in [0.15, 0.2) is 57.9 Å². The average molecular weight is 369 g/mol. The van der Waals surface area contributed by atoms with Crippen molar-refractivity contribution >= 4 is 26.0 Å². The SMILES string of the molecule is CC(C)(C)c1ccc(S(=O)(=O)Oc2ccccc2Br)cc1. The van der Waals surface area contributed by atoms with E-state index in [1.165, 1.54) is 0 Å². The van der Waals surface area contributed by atoms with E-state index in [0.29, 0.717) is 4.47 Å². The molecule has 0 saturated heterocycles. The molecule has 21 heavy (non-hydrogen) atoms. The van der Waals surface area contributed by atoms with Crippen LogP contribution in [-0.4, -0.2) is 8.42 Å². The summed E-state index contributed by atoms with van der Waals surface area (Å²) >= 11 is 3.27. The molecule has 0 atom stereocenters. The van der Waals surface area contributed by atoms with Gasteiger partial charge in [-0.3, -0.25) is 0 Å². The topological polar surface area (TPSA) is 43.4 Å². The Morgan fingerprint density at radius 1 is 0.952 bits per heavy atom. The zero-order chi connectivity index (χ0) is 15.7. The van der Waals surface area contributed by atoms with Crippen molar-refractivity contribution < 1.29 is 12.6 Å². The summed E-state index contributed by atoms with van der Waals surface area (Å²) in [5.41, 5.74) is 1.05. The van der Waals surface area contributed by atoms with Gasteiger partial charge >= 0.3 is 10.1 Å². The smallest absolute Gasteiger partial charge is 0.339 e. The molecule has 3 nitrogen and oxygen atoms in total. The molecule has 0 unspecified atom stereocenters. The molecule has 0 radical (unpaired) electrons. The highest BCUT2D eigenvalue weighted by molar-refractivity contribution is 9.10. The number of rotatable bonds is 3. The standard InChI is InChI=1S/C16H17BrO3S/c1-16(2,3)12-8-10-13(11-9-12)21(18,19)20-15-7-5-4-6-14(15)17/h4-11H,1-3H3. The Morgan fingerprint density at radius 3 is 2.05 bits per heavy atom. The zero-order valence-electron chi connectivity index (χ0n) is 12.1. The largest absolute Gasteiger partial charge is 0.378 e. The van der Waals surface area contributed by atoms with Gasteiger partial charge in [0.2, 0.25) is 0 Å². The molecular formula is C16H17BrO3S. The molecule has 2 aromatic carbocycles. The fraction of sp³-hybridized carbons (Fsp3) is 0.250. The van der Waals surface area contributed by atoms with Gasteiger partial charge in [-0.2, -0.15) is 8.42 Å². The molecular weight excluding hydrogens is 352 g/mol. The molecule has 0 saturated carbocycles. The quantitative estimate of drug-likeness (QED) is 0.748. The maximum atomic E-state index is 12.3. The zero-order valence-corrected chi connectivity index (χ0v) is 14.5. The molecule has 5 heteroatoms. The molecule has 0 aliphatic rings. The minimum absolute atomic E-state index is 0.0222. The second kappa shape index (κ2) is 5.81. The van der Waals surface area contributed by atoms with Crippen LogP contribution in [0, 0.1) is 0 Å². The maximum absolute atomic E-state index is 12.3. The van der Waals surface area contributed by atoms with E-state index in [4.69, 9.17) is 4.18 Å². The number of halogens is 1. The minimum atomic E-state index is -3.83. The van der Waals surface area contributed by atoms with Gasteiger partial charge in [-0.25, -0.2) is 0 Å². The molecule has 0 aliphatic carbocycles. The monoisotopic (exact) mass is 368 g/mol. The first-order valence-corrected chi connectivity index (χ1v) is 8.70. The fourth-order valence-corrected chi connectivity index (χ4v) is 3.22. The summed E-state index contributed by atoms with van der Waals surface area (Å²) in [6.45, 7) is 6.23. The van der Waals surface area contributed by atoms with Gasteiger partial charge in [-0.15, -0.1) is 0 Å². The van der Waals surface area contributed by atoms with E-state index in [1.54, 1.807) is 36.4 Å². The third-order valence-electron chi connectivity index (χ3n) is 3.05. The Bertz CT molecular complexity index is 729. The van der Waals surface area contributed by atoms with E-state index in [-0.39, 0.29) is 16.1 Å². The van der Waals surface area contributed by atoms with Crippen molar-refractivity contribution in [1.29, 1.82) is 0 Å². The molecule has 0 spiro atoms. The molecule has 112 valence electrons. The Kier molecular flexibility index (Phi) is 4.44. The summed E-state index contributed by atoms with van der Waals surface area (Å²) in [6, 6.07) is 13.6. The van der Waals surface area contributed by atoms with E-state index in [1.807, 2.05) is 12.1 Å². The minimum Gasteiger partial charge on any atom is -0.378 e. The molecule has 0 aromatic heterocycles. The molecule has 2 aromatic rings. The van der Waals surface area contributed by atoms with Crippen LogP contribution in [-0.2, 0) is 15.5 Å². The Hall–Kier alpha value is -1.33. The molecule has 0 amide bonds. The Balaban J connectivity index is 2.30. The number of hydrogen-bond acceptors (Lipinski definition) is 3. The lowest BCUT2D eigenvalue weighted by molar-refractivity contribution is 0.484. The van der Waals surface area contributed by atoms with E-state index in [0.717, 1.165) is 5.56 Å². The van der Waals surface area contributed by atoms with Gasteiger partial charge in [0.1, 0.15) is 4.90 Å². The molecule has 0 fully saturated rings. The number of para-hydroxylation sites is 1. The Morgan fingerprint density at radius 2 is 1.52 bits per heavy atom. The predicted octanol–water partition coefficient (Wildman–Crippen LogP) is 4.51. The number of hydrogen-bond donors (Lipinski definition) is 0. The highest BCUT2D eigenvalue weighted by Gasteiger charge is 2.20. The van der Waals surface area contributed by atoms with Gasteiger partial charge in [-0.1, -0.05) is 45.0 Å². The van der Waals surface area contributed by atoms with Crippen molar-refractivity contribution in [2.24, 2.45) is 0 Å². The molecule has 0 heterocycles. The van der Waals surface area contributed by atoms with Gasteiger partial charge in [0, 0.05) is 0 Å². The third-order valence-corrected chi connectivity index (χ3v) is 4.95. The van der Waals surface area contributed by atoms with Crippen molar-refractivity contribution in [1.82, 2.24) is 0 Å². The second-order valence-corrected chi connectivity index (χ2v) is 8.14. The van der Waals surface area contributed by atoms with Gasteiger partial charge in [0.25, 0.3) is 0 Å². The highest BCUT2D eigenvalue weighted by Crippen LogP contribution is 2.28. The van der Waals surface area contributed by atoms with Crippen molar-refractivity contribution in [3.05, 3.63) is 58.6 Å². The Labute approximate surface area is 134 Å². The molecule has 0 aliphatic heterocycles. The fourth-order valence-electron chi connectivity index (χ4n) is 1.80. The maximum Gasteiger partial charge on any atom is 0.339 e. The predicted molar refractivity (Wildman–Crippen MR) is 87.1 cm³/mol. The third kappa shape index (κ3) is 3.86. The molecule has 2 rings (SSSR count). The van der Waals surface area contributed by atoms with Crippen LogP contribution in [0.4, 0.5) is 0 Å². The van der Waals surface area contributed by atoms with Crippen LogP contribution in [0.25, 0.3) is 0 Å². The lowest BCUT2D eigenvalue weighted by Crippen LogP contribution is -2.13. The first-order valence-electron chi connectivity index (χ1n) is 6.50. The van der Waals surface area contributed by atoms with Crippen molar-refractivity contribution in [3.8, 4) is 5.75 Å². The summed E-state index contributed by atoms with van der Waals surface area (Å²) in [7, 11) is -3.83.